The minimum absolute atomic E-state index is 0.139. The van der Waals surface area contributed by atoms with E-state index in [1.807, 2.05) is 13.8 Å². The fraction of sp³-hybridized carbons (Fsp3) is 0.636. The first-order valence-electron chi connectivity index (χ1n) is 5.49. The molecule has 1 heterocycles. The Bertz CT molecular complexity index is 376. The summed E-state index contributed by atoms with van der Waals surface area (Å²) in [5.74, 6) is -2.71. The van der Waals surface area contributed by atoms with E-state index in [-0.39, 0.29) is 24.5 Å². The molecular weight excluding hydrogens is 224 g/mol. The molecule has 1 aliphatic heterocycles. The number of carbonyl (C=O) groups excluding carboxylic acids is 4. The van der Waals surface area contributed by atoms with Crippen molar-refractivity contribution >= 4 is 23.5 Å². The Labute approximate surface area is 99.3 Å². The summed E-state index contributed by atoms with van der Waals surface area (Å²) in [6.07, 6.45) is 0.113. The molecule has 17 heavy (non-hydrogen) atoms. The summed E-state index contributed by atoms with van der Waals surface area (Å²) in [6.45, 7) is 4.93. The first-order valence-corrected chi connectivity index (χ1v) is 5.49. The van der Waals surface area contributed by atoms with Crippen molar-refractivity contribution in [2.24, 2.45) is 11.8 Å². The van der Waals surface area contributed by atoms with Crippen molar-refractivity contribution in [1.29, 1.82) is 0 Å². The Balaban J connectivity index is 2.73. The maximum Gasteiger partial charge on any atom is 0.259 e. The molecule has 1 aliphatic rings. The summed E-state index contributed by atoms with van der Waals surface area (Å²) < 4.78 is 0. The molecule has 1 rings (SSSR count). The van der Waals surface area contributed by atoms with Gasteiger partial charge in [0, 0.05) is 19.8 Å². The zero-order valence-corrected chi connectivity index (χ0v) is 10.1. The van der Waals surface area contributed by atoms with Crippen LogP contribution in [0, 0.1) is 11.8 Å². The van der Waals surface area contributed by atoms with Gasteiger partial charge < -0.3 is 0 Å². The van der Waals surface area contributed by atoms with Gasteiger partial charge in [-0.2, -0.15) is 5.01 Å². The number of hydrogen-bond donors (Lipinski definition) is 1. The van der Waals surface area contributed by atoms with Gasteiger partial charge in [-0.1, -0.05) is 13.8 Å². The van der Waals surface area contributed by atoms with E-state index >= 15 is 0 Å². The Hall–Kier alpha value is -1.72. The molecule has 1 unspecified atom stereocenters. The van der Waals surface area contributed by atoms with Gasteiger partial charge in [0.15, 0.2) is 0 Å². The summed E-state index contributed by atoms with van der Waals surface area (Å²) in [6, 6.07) is 0. The highest BCUT2D eigenvalue weighted by Crippen LogP contribution is 2.21. The zero-order valence-electron chi connectivity index (χ0n) is 10.1. The monoisotopic (exact) mass is 240 g/mol. The number of hydrogen-bond acceptors (Lipinski definition) is 4. The van der Waals surface area contributed by atoms with Gasteiger partial charge in [0.05, 0.1) is 0 Å². The Kier molecular flexibility index (Phi) is 3.98. The Morgan fingerprint density at radius 3 is 2.47 bits per heavy atom. The first-order chi connectivity index (χ1) is 7.82. The van der Waals surface area contributed by atoms with E-state index in [0.29, 0.717) is 5.01 Å². The van der Waals surface area contributed by atoms with Crippen molar-refractivity contribution in [2.75, 3.05) is 0 Å². The molecule has 0 aromatic rings. The molecule has 1 atom stereocenters. The third-order valence-electron chi connectivity index (χ3n) is 2.41. The van der Waals surface area contributed by atoms with E-state index < -0.39 is 23.6 Å². The highest BCUT2D eigenvalue weighted by molar-refractivity contribution is 6.14. The molecule has 0 aromatic carbocycles. The van der Waals surface area contributed by atoms with Crippen LogP contribution in [-0.2, 0) is 19.2 Å². The Morgan fingerprint density at radius 1 is 1.41 bits per heavy atom. The second kappa shape index (κ2) is 5.07. The molecule has 94 valence electrons. The predicted octanol–water partition coefficient (Wildman–Crippen LogP) is 0.0278. The number of carbonyl (C=O) groups is 4. The van der Waals surface area contributed by atoms with Gasteiger partial charge >= 0.3 is 0 Å². The van der Waals surface area contributed by atoms with Crippen LogP contribution in [0.15, 0.2) is 0 Å². The van der Waals surface area contributed by atoms with Crippen molar-refractivity contribution < 1.29 is 19.2 Å². The quantitative estimate of drug-likeness (QED) is 0.555. The number of hydrazine groups is 1. The van der Waals surface area contributed by atoms with Crippen LogP contribution in [0.25, 0.3) is 0 Å². The van der Waals surface area contributed by atoms with Crippen molar-refractivity contribution in [3.05, 3.63) is 0 Å². The lowest BCUT2D eigenvalue weighted by atomic mass is 9.95. The van der Waals surface area contributed by atoms with E-state index in [4.69, 9.17) is 0 Å². The molecule has 6 nitrogen and oxygen atoms in total. The highest BCUT2D eigenvalue weighted by atomic mass is 16.2. The summed E-state index contributed by atoms with van der Waals surface area (Å²) >= 11 is 0. The van der Waals surface area contributed by atoms with E-state index in [0.717, 1.165) is 0 Å². The molecule has 0 spiro atoms. The van der Waals surface area contributed by atoms with Crippen LogP contribution in [-0.4, -0.2) is 28.5 Å². The number of rotatable bonds is 4. The minimum Gasteiger partial charge on any atom is -0.299 e. The molecule has 3 amide bonds. The van der Waals surface area contributed by atoms with Gasteiger partial charge in [-0.3, -0.25) is 24.6 Å². The van der Waals surface area contributed by atoms with Crippen molar-refractivity contribution in [1.82, 2.24) is 10.4 Å². The number of nitrogens with one attached hydrogen (secondary N) is 1. The van der Waals surface area contributed by atoms with E-state index in [1.165, 1.54) is 6.92 Å². The molecule has 0 aliphatic carbocycles. The maximum absolute atomic E-state index is 11.7. The van der Waals surface area contributed by atoms with Crippen LogP contribution in [0.4, 0.5) is 0 Å². The fourth-order valence-corrected chi connectivity index (χ4v) is 1.70. The molecule has 0 aromatic heterocycles. The number of imide groups is 1. The molecular formula is C11H16N2O4. The smallest absolute Gasteiger partial charge is 0.259 e. The second-order valence-corrected chi connectivity index (χ2v) is 4.56. The van der Waals surface area contributed by atoms with Crippen molar-refractivity contribution in [3.63, 3.8) is 0 Å². The van der Waals surface area contributed by atoms with E-state index in [9.17, 15) is 19.2 Å². The van der Waals surface area contributed by atoms with Crippen molar-refractivity contribution in [2.45, 2.75) is 33.6 Å². The van der Waals surface area contributed by atoms with Gasteiger partial charge in [-0.05, 0) is 5.92 Å². The standard InChI is InChI=1S/C11H16N2O4/c1-6(2)4-9(15)8-5-10(16)13(11(8)17)12-7(3)14/h6,8H,4-5H2,1-3H3,(H,12,14). The van der Waals surface area contributed by atoms with E-state index in [2.05, 4.69) is 5.43 Å². The lowest BCUT2D eigenvalue weighted by molar-refractivity contribution is -0.148. The summed E-state index contributed by atoms with van der Waals surface area (Å²) in [4.78, 5) is 45.7. The number of nitrogens with zero attached hydrogens (tertiary/aromatic N) is 1. The van der Waals surface area contributed by atoms with Gasteiger partial charge in [0.25, 0.3) is 5.91 Å². The van der Waals surface area contributed by atoms with Gasteiger partial charge in [0.1, 0.15) is 11.7 Å². The Morgan fingerprint density at radius 2 is 2.00 bits per heavy atom. The van der Waals surface area contributed by atoms with Crippen molar-refractivity contribution in [3.8, 4) is 0 Å². The van der Waals surface area contributed by atoms with Crippen LogP contribution < -0.4 is 5.43 Å². The maximum atomic E-state index is 11.7. The normalized spacial score (nSPS) is 20.0. The number of amides is 3. The van der Waals surface area contributed by atoms with Crippen LogP contribution in [0.3, 0.4) is 0 Å². The molecule has 1 N–H and O–H groups in total. The summed E-state index contributed by atoms with van der Waals surface area (Å²) in [7, 11) is 0. The van der Waals surface area contributed by atoms with Gasteiger partial charge in [0.2, 0.25) is 11.8 Å². The molecule has 1 fully saturated rings. The zero-order chi connectivity index (χ0) is 13.2. The number of ketones is 1. The van der Waals surface area contributed by atoms with Crippen LogP contribution in [0.5, 0.6) is 0 Å². The lowest BCUT2D eigenvalue weighted by Crippen LogP contribution is -2.45. The first kappa shape index (κ1) is 13.3. The third kappa shape index (κ3) is 3.12. The average molecular weight is 240 g/mol. The number of Topliss-reactive ketones (excluding diaryl/α,β-unsaturated/α-hetero) is 1. The largest absolute Gasteiger partial charge is 0.299 e. The predicted molar refractivity (Wildman–Crippen MR) is 58.2 cm³/mol. The molecule has 0 bridgehead atoms. The van der Waals surface area contributed by atoms with Crippen LogP contribution >= 0.6 is 0 Å². The fourth-order valence-electron chi connectivity index (χ4n) is 1.70. The van der Waals surface area contributed by atoms with Crippen LogP contribution in [0.1, 0.15) is 33.6 Å². The molecule has 6 heteroatoms. The second-order valence-electron chi connectivity index (χ2n) is 4.56. The molecule has 0 radical (unpaired) electrons. The topological polar surface area (TPSA) is 83.6 Å². The minimum atomic E-state index is -0.934. The molecule has 0 saturated carbocycles. The molecule has 1 saturated heterocycles. The summed E-state index contributed by atoms with van der Waals surface area (Å²) in [5, 5.41) is 0.644. The summed E-state index contributed by atoms with van der Waals surface area (Å²) in [5.41, 5.74) is 2.12. The highest BCUT2D eigenvalue weighted by Gasteiger charge is 2.43. The lowest BCUT2D eigenvalue weighted by Gasteiger charge is -2.14. The van der Waals surface area contributed by atoms with Crippen LogP contribution in [0.2, 0.25) is 0 Å². The van der Waals surface area contributed by atoms with Gasteiger partial charge in [-0.15, -0.1) is 0 Å². The SMILES string of the molecule is CC(=O)NN1C(=O)CC(C(=O)CC(C)C)C1=O. The van der Waals surface area contributed by atoms with Gasteiger partial charge in [-0.25, -0.2) is 0 Å². The average Bonchev–Trinajstić information content (AvgIpc) is 2.44. The van der Waals surface area contributed by atoms with E-state index in [1.54, 1.807) is 0 Å². The third-order valence-corrected chi connectivity index (χ3v) is 2.41.